The number of carbonyl (C=O) groups excluding carboxylic acids is 1. The second-order valence-corrected chi connectivity index (χ2v) is 17.3. The number of aliphatic hydroxyl groups is 1. The summed E-state index contributed by atoms with van der Waals surface area (Å²) in [5.74, 6) is 1.95. The first kappa shape index (κ1) is 43.7. The van der Waals surface area contributed by atoms with Crippen LogP contribution in [0.1, 0.15) is 142 Å². The maximum atomic E-state index is 15.9. The van der Waals surface area contributed by atoms with Crippen LogP contribution in [0, 0.1) is 36.0 Å². The fourth-order valence-corrected chi connectivity index (χ4v) is 8.58. The van der Waals surface area contributed by atoms with Crippen molar-refractivity contribution in [1.82, 2.24) is 14.5 Å². The van der Waals surface area contributed by atoms with E-state index in [1.165, 1.54) is 49.5 Å². The molecule has 1 amide bonds. The SMILES string of the molecule is COc1ccc(CN(C(=O)OC(C)(C)C)c2ccc(C(O)c3cn(CCCCCCCCCC(C(C)C)(C(C)C)C(C)C)c4ncc(C)cc34)c(F)n2)cc1. The van der Waals surface area contributed by atoms with Gasteiger partial charge in [0.25, 0.3) is 0 Å². The van der Waals surface area contributed by atoms with E-state index in [1.807, 2.05) is 37.5 Å². The maximum absolute atomic E-state index is 15.9. The Bertz CT molecular complexity index is 1800. The van der Waals surface area contributed by atoms with E-state index >= 15 is 4.39 Å². The number of aromatic nitrogens is 3. The van der Waals surface area contributed by atoms with Crippen molar-refractivity contribution in [2.45, 2.75) is 145 Å². The molecule has 0 saturated carbocycles. The fourth-order valence-electron chi connectivity index (χ4n) is 8.58. The van der Waals surface area contributed by atoms with Gasteiger partial charge in [0.15, 0.2) is 0 Å². The number of unbranched alkanes of at least 4 members (excludes halogenated alkanes) is 6. The summed E-state index contributed by atoms with van der Waals surface area (Å²) in [7, 11) is 1.58. The highest BCUT2D eigenvalue weighted by Crippen LogP contribution is 2.47. The predicted molar refractivity (Wildman–Crippen MR) is 222 cm³/mol. The molecule has 0 radical (unpaired) electrons. The number of fused-ring (bicyclic) bond motifs is 1. The molecule has 302 valence electrons. The molecule has 1 N–H and O–H groups in total. The molecule has 1 unspecified atom stereocenters. The number of pyridine rings is 2. The van der Waals surface area contributed by atoms with Crippen LogP contribution < -0.4 is 9.64 Å². The Labute approximate surface area is 329 Å². The summed E-state index contributed by atoms with van der Waals surface area (Å²) in [6, 6.07) is 12.3. The molecule has 0 fully saturated rings. The van der Waals surface area contributed by atoms with Gasteiger partial charge in [0.1, 0.15) is 28.9 Å². The maximum Gasteiger partial charge on any atom is 0.416 e. The van der Waals surface area contributed by atoms with Crippen LogP contribution in [0.2, 0.25) is 0 Å². The first-order valence-electron chi connectivity index (χ1n) is 20.4. The average Bonchev–Trinajstić information content (AvgIpc) is 3.47. The quantitative estimate of drug-likeness (QED) is 0.0756. The third-order valence-corrected chi connectivity index (χ3v) is 11.5. The zero-order valence-corrected chi connectivity index (χ0v) is 35.4. The Morgan fingerprint density at radius 3 is 2.04 bits per heavy atom. The molecule has 0 saturated heterocycles. The Hall–Kier alpha value is -3.98. The van der Waals surface area contributed by atoms with Crippen LogP contribution in [0.25, 0.3) is 11.0 Å². The number of halogens is 1. The van der Waals surface area contributed by atoms with Gasteiger partial charge in [-0.1, -0.05) is 92.2 Å². The Morgan fingerprint density at radius 2 is 1.47 bits per heavy atom. The Morgan fingerprint density at radius 1 is 0.873 bits per heavy atom. The summed E-state index contributed by atoms with van der Waals surface area (Å²) in [6.07, 6.45) is 11.5. The van der Waals surface area contributed by atoms with Gasteiger partial charge in [-0.15, -0.1) is 0 Å². The molecule has 0 aliphatic heterocycles. The smallest absolute Gasteiger partial charge is 0.416 e. The van der Waals surface area contributed by atoms with E-state index in [1.54, 1.807) is 46.1 Å². The lowest BCUT2D eigenvalue weighted by molar-refractivity contribution is 0.0356. The van der Waals surface area contributed by atoms with Crippen LogP contribution in [-0.2, 0) is 17.8 Å². The van der Waals surface area contributed by atoms with Crippen molar-refractivity contribution in [2.24, 2.45) is 23.2 Å². The van der Waals surface area contributed by atoms with Crippen LogP contribution in [0.3, 0.4) is 0 Å². The standard InChI is InChI=1S/C46H67FN4O4/c1-31(2)46(32(3)4,33(5)6)25-17-15-13-12-14-16-18-26-50-30-39(38-27-34(7)28-48-43(38)50)41(52)37-23-24-40(49-42(37)47)51(44(53)55-45(8,9)10)29-35-19-21-36(54-11)22-20-35/h19-24,27-28,30-33,41,52H,12-18,25-26,29H2,1-11H3. The molecular formula is C46H67FN4O4. The molecule has 4 aromatic rings. The average molecular weight is 759 g/mol. The number of carbonyl (C=O) groups is 1. The van der Waals surface area contributed by atoms with Crippen molar-refractivity contribution < 1.29 is 23.8 Å². The number of anilines is 1. The monoisotopic (exact) mass is 759 g/mol. The summed E-state index contributed by atoms with van der Waals surface area (Å²) in [6.45, 7) is 22.5. The first-order chi connectivity index (χ1) is 26.0. The molecular weight excluding hydrogens is 692 g/mol. The molecule has 8 nitrogen and oxygen atoms in total. The second kappa shape index (κ2) is 19.2. The summed E-state index contributed by atoms with van der Waals surface area (Å²) in [4.78, 5) is 23.6. The minimum atomic E-state index is -1.29. The van der Waals surface area contributed by atoms with Gasteiger partial charge < -0.3 is 19.1 Å². The fraction of sp³-hybridized carbons (Fsp3) is 0.587. The molecule has 3 heterocycles. The molecule has 3 aromatic heterocycles. The third-order valence-electron chi connectivity index (χ3n) is 11.5. The number of methoxy groups -OCH3 is 1. The van der Waals surface area contributed by atoms with Crippen molar-refractivity contribution in [1.29, 1.82) is 0 Å². The van der Waals surface area contributed by atoms with Crippen molar-refractivity contribution in [3.63, 3.8) is 0 Å². The van der Waals surface area contributed by atoms with E-state index in [2.05, 4.69) is 51.1 Å². The molecule has 1 atom stereocenters. The van der Waals surface area contributed by atoms with E-state index in [0.29, 0.717) is 34.5 Å². The number of rotatable bonds is 19. The highest BCUT2D eigenvalue weighted by atomic mass is 19.1. The minimum Gasteiger partial charge on any atom is -0.497 e. The highest BCUT2D eigenvalue weighted by molar-refractivity contribution is 5.86. The van der Waals surface area contributed by atoms with Gasteiger partial charge in [0, 0.05) is 35.5 Å². The lowest BCUT2D eigenvalue weighted by Crippen LogP contribution is -2.38. The van der Waals surface area contributed by atoms with Crippen molar-refractivity contribution in [2.75, 3.05) is 12.0 Å². The molecule has 0 aliphatic rings. The number of amides is 1. The molecule has 0 bridgehead atoms. The lowest BCUT2D eigenvalue weighted by Gasteiger charge is -2.45. The van der Waals surface area contributed by atoms with Gasteiger partial charge in [-0.05, 0) is 105 Å². The van der Waals surface area contributed by atoms with Crippen LogP contribution in [0.4, 0.5) is 15.0 Å². The molecule has 0 aliphatic carbocycles. The van der Waals surface area contributed by atoms with Gasteiger partial charge in [0.05, 0.1) is 13.7 Å². The van der Waals surface area contributed by atoms with Gasteiger partial charge in [-0.25, -0.2) is 14.8 Å². The van der Waals surface area contributed by atoms with E-state index in [9.17, 15) is 9.90 Å². The van der Waals surface area contributed by atoms with Crippen LogP contribution in [0.15, 0.2) is 54.9 Å². The van der Waals surface area contributed by atoms with E-state index < -0.39 is 23.7 Å². The largest absolute Gasteiger partial charge is 0.497 e. The number of hydrogen-bond donors (Lipinski definition) is 1. The molecule has 0 spiro atoms. The molecule has 9 heteroatoms. The van der Waals surface area contributed by atoms with Gasteiger partial charge in [-0.2, -0.15) is 4.39 Å². The predicted octanol–water partition coefficient (Wildman–Crippen LogP) is 12.0. The summed E-state index contributed by atoms with van der Waals surface area (Å²) in [5, 5.41) is 12.4. The van der Waals surface area contributed by atoms with Crippen LogP contribution >= 0.6 is 0 Å². The van der Waals surface area contributed by atoms with Gasteiger partial charge >= 0.3 is 6.09 Å². The van der Waals surface area contributed by atoms with Crippen molar-refractivity contribution in [3.8, 4) is 5.75 Å². The molecule has 55 heavy (non-hydrogen) atoms. The number of ether oxygens (including phenoxy) is 2. The number of benzene rings is 1. The number of nitrogens with zero attached hydrogens (tertiary/aromatic N) is 4. The topological polar surface area (TPSA) is 89.7 Å². The minimum absolute atomic E-state index is 0.0188. The zero-order chi connectivity index (χ0) is 40.5. The normalized spacial score (nSPS) is 12.9. The summed E-state index contributed by atoms with van der Waals surface area (Å²) in [5.41, 5.74) is 2.73. The third kappa shape index (κ3) is 11.1. The van der Waals surface area contributed by atoms with E-state index in [-0.39, 0.29) is 17.9 Å². The second-order valence-electron chi connectivity index (χ2n) is 17.3. The molecule has 4 rings (SSSR count). The zero-order valence-electron chi connectivity index (χ0n) is 35.4. The molecule has 1 aromatic carbocycles. The van der Waals surface area contributed by atoms with Gasteiger partial charge in [-0.3, -0.25) is 4.90 Å². The summed E-state index contributed by atoms with van der Waals surface area (Å²) >= 11 is 0. The van der Waals surface area contributed by atoms with E-state index in [0.717, 1.165) is 41.5 Å². The number of hydrogen-bond acceptors (Lipinski definition) is 6. The first-order valence-corrected chi connectivity index (χ1v) is 20.4. The Balaban J connectivity index is 1.43. The van der Waals surface area contributed by atoms with Crippen molar-refractivity contribution in [3.05, 3.63) is 83.1 Å². The Kier molecular flexibility index (Phi) is 15.3. The number of aliphatic hydroxyl groups excluding tert-OH is 1. The van der Waals surface area contributed by atoms with Crippen LogP contribution in [0.5, 0.6) is 5.75 Å². The van der Waals surface area contributed by atoms with Crippen molar-refractivity contribution >= 4 is 22.9 Å². The van der Waals surface area contributed by atoms with Crippen LogP contribution in [-0.4, -0.2) is 38.4 Å². The van der Waals surface area contributed by atoms with Gasteiger partial charge in [0.2, 0.25) is 5.95 Å². The van der Waals surface area contributed by atoms with E-state index in [4.69, 9.17) is 14.5 Å². The lowest BCUT2D eigenvalue weighted by atomic mass is 9.60. The number of aryl methyl sites for hydroxylation is 2. The highest BCUT2D eigenvalue weighted by Gasteiger charge is 2.39. The summed E-state index contributed by atoms with van der Waals surface area (Å²) < 4.78 is 29.0.